The van der Waals surface area contributed by atoms with E-state index >= 15 is 0 Å². The van der Waals surface area contributed by atoms with Gasteiger partial charge in [0.15, 0.2) is 11.5 Å². The number of amides is 4. The second kappa shape index (κ2) is 10.8. The number of hydrogen-bond acceptors (Lipinski definition) is 6. The van der Waals surface area contributed by atoms with Crippen molar-refractivity contribution in [2.75, 3.05) is 12.0 Å². The fraction of sp³-hybridized carbons (Fsp3) is 0.138. The lowest BCUT2D eigenvalue weighted by Gasteiger charge is -2.26. The fourth-order valence-corrected chi connectivity index (χ4v) is 3.89. The lowest BCUT2D eigenvalue weighted by Crippen LogP contribution is -2.54. The Kier molecular flexibility index (Phi) is 7.39. The molecule has 1 saturated heterocycles. The Hall–Kier alpha value is -4.85. The number of phenols is 1. The third-order valence-corrected chi connectivity index (χ3v) is 5.76. The van der Waals surface area contributed by atoms with Gasteiger partial charge >= 0.3 is 6.03 Å². The van der Waals surface area contributed by atoms with E-state index in [-0.39, 0.29) is 17.0 Å². The molecular weight excluding hydrogens is 472 g/mol. The molecule has 0 unspecified atom stereocenters. The van der Waals surface area contributed by atoms with Crippen LogP contribution in [0, 0.1) is 6.92 Å². The number of carbonyl (C=O) groups excluding carboxylic acids is 3. The second-order valence-corrected chi connectivity index (χ2v) is 8.45. The van der Waals surface area contributed by atoms with Crippen molar-refractivity contribution < 1.29 is 29.0 Å². The number of hydrogen-bond donors (Lipinski definition) is 2. The van der Waals surface area contributed by atoms with E-state index in [1.807, 2.05) is 31.2 Å². The molecule has 1 aliphatic heterocycles. The number of aromatic hydroxyl groups is 1. The van der Waals surface area contributed by atoms with Crippen LogP contribution in [0.25, 0.3) is 6.08 Å². The molecular formula is C29H26N2O6. The SMILES string of the molecule is C=CCc1cc(/C=C2\C(=O)NC(=O)N(c3ccc(O)cc3)C2=O)cc(OC)c1OCc1ccc(C)cc1. The van der Waals surface area contributed by atoms with Gasteiger partial charge in [-0.2, -0.15) is 0 Å². The first-order chi connectivity index (χ1) is 17.8. The summed E-state index contributed by atoms with van der Waals surface area (Å²) in [5.74, 6) is -0.664. The Morgan fingerprint density at radius 2 is 1.73 bits per heavy atom. The van der Waals surface area contributed by atoms with E-state index in [4.69, 9.17) is 9.47 Å². The van der Waals surface area contributed by atoms with Gasteiger partial charge in [0.25, 0.3) is 11.8 Å². The quantitative estimate of drug-likeness (QED) is 0.265. The maximum absolute atomic E-state index is 13.2. The molecule has 8 heteroatoms. The molecule has 0 bridgehead atoms. The van der Waals surface area contributed by atoms with Gasteiger partial charge in [-0.05, 0) is 66.9 Å². The number of nitrogens with zero attached hydrogens (tertiary/aromatic N) is 1. The molecule has 0 spiro atoms. The first kappa shape index (κ1) is 25.2. The number of ether oxygens (including phenoxy) is 2. The number of methoxy groups -OCH3 is 1. The number of aryl methyl sites for hydroxylation is 1. The highest BCUT2D eigenvalue weighted by Gasteiger charge is 2.36. The fourth-order valence-electron chi connectivity index (χ4n) is 3.89. The molecule has 0 radical (unpaired) electrons. The van der Waals surface area contributed by atoms with Gasteiger partial charge in [-0.25, -0.2) is 9.69 Å². The summed E-state index contributed by atoms with van der Waals surface area (Å²) >= 11 is 0. The number of phenolic OH excluding ortho intramolecular Hbond substituents is 1. The van der Waals surface area contributed by atoms with Crippen LogP contribution >= 0.6 is 0 Å². The van der Waals surface area contributed by atoms with Crippen LogP contribution in [0.5, 0.6) is 17.2 Å². The highest BCUT2D eigenvalue weighted by molar-refractivity contribution is 6.39. The number of allylic oxidation sites excluding steroid dienone is 1. The topological polar surface area (TPSA) is 105 Å². The minimum absolute atomic E-state index is 0.0213. The van der Waals surface area contributed by atoms with Gasteiger partial charge in [0.05, 0.1) is 12.8 Å². The first-order valence-corrected chi connectivity index (χ1v) is 11.5. The van der Waals surface area contributed by atoms with Gasteiger partial charge in [-0.1, -0.05) is 35.9 Å². The van der Waals surface area contributed by atoms with Crippen LogP contribution < -0.4 is 19.7 Å². The number of benzene rings is 3. The zero-order chi connectivity index (χ0) is 26.5. The van der Waals surface area contributed by atoms with Crippen LogP contribution in [0.2, 0.25) is 0 Å². The molecule has 1 aliphatic rings. The van der Waals surface area contributed by atoms with Crippen molar-refractivity contribution in [1.29, 1.82) is 0 Å². The second-order valence-electron chi connectivity index (χ2n) is 8.45. The Morgan fingerprint density at radius 1 is 1.03 bits per heavy atom. The van der Waals surface area contributed by atoms with Gasteiger partial charge in [0.1, 0.15) is 17.9 Å². The van der Waals surface area contributed by atoms with Gasteiger partial charge in [0.2, 0.25) is 0 Å². The number of imide groups is 2. The average molecular weight is 499 g/mol. The Morgan fingerprint density at radius 3 is 2.38 bits per heavy atom. The van der Waals surface area contributed by atoms with E-state index in [9.17, 15) is 19.5 Å². The van der Waals surface area contributed by atoms with E-state index < -0.39 is 17.8 Å². The Balaban J connectivity index is 1.69. The summed E-state index contributed by atoms with van der Waals surface area (Å²) in [7, 11) is 1.51. The summed E-state index contributed by atoms with van der Waals surface area (Å²) < 4.78 is 11.7. The van der Waals surface area contributed by atoms with Crippen LogP contribution in [-0.4, -0.2) is 30.1 Å². The number of carbonyl (C=O) groups is 3. The van der Waals surface area contributed by atoms with Crippen LogP contribution in [0.3, 0.4) is 0 Å². The summed E-state index contributed by atoms with van der Waals surface area (Å²) in [5, 5.41) is 11.7. The third-order valence-electron chi connectivity index (χ3n) is 5.76. The molecule has 0 aliphatic carbocycles. The molecule has 0 aromatic heterocycles. The average Bonchev–Trinajstić information content (AvgIpc) is 2.88. The number of urea groups is 1. The van der Waals surface area contributed by atoms with Crippen LogP contribution in [0.4, 0.5) is 10.5 Å². The molecule has 4 rings (SSSR count). The molecule has 2 N–H and O–H groups in total. The highest BCUT2D eigenvalue weighted by Crippen LogP contribution is 2.35. The van der Waals surface area contributed by atoms with Crippen LogP contribution in [-0.2, 0) is 22.6 Å². The van der Waals surface area contributed by atoms with Crippen molar-refractivity contribution in [2.45, 2.75) is 20.0 Å². The summed E-state index contributed by atoms with van der Waals surface area (Å²) in [6.07, 6.45) is 3.57. The lowest BCUT2D eigenvalue weighted by atomic mass is 10.0. The molecule has 0 atom stereocenters. The number of nitrogens with one attached hydrogen (secondary N) is 1. The monoisotopic (exact) mass is 498 g/mol. The third kappa shape index (κ3) is 5.54. The van der Waals surface area contributed by atoms with Gasteiger partial charge in [0, 0.05) is 5.56 Å². The largest absolute Gasteiger partial charge is 0.508 e. The van der Waals surface area contributed by atoms with E-state index in [0.717, 1.165) is 21.6 Å². The first-order valence-electron chi connectivity index (χ1n) is 11.5. The summed E-state index contributed by atoms with van der Waals surface area (Å²) in [4.78, 5) is 39.1. The molecule has 188 valence electrons. The van der Waals surface area contributed by atoms with E-state index in [1.165, 1.54) is 37.5 Å². The van der Waals surface area contributed by atoms with Crippen molar-refractivity contribution in [2.24, 2.45) is 0 Å². The van der Waals surface area contributed by atoms with Crippen LogP contribution in [0.1, 0.15) is 22.3 Å². The molecule has 8 nitrogen and oxygen atoms in total. The molecule has 0 saturated carbocycles. The predicted octanol–water partition coefficient (Wildman–Crippen LogP) is 4.68. The number of barbiturate groups is 1. The maximum Gasteiger partial charge on any atom is 0.335 e. The van der Waals surface area contributed by atoms with E-state index in [0.29, 0.717) is 30.1 Å². The zero-order valence-electron chi connectivity index (χ0n) is 20.5. The van der Waals surface area contributed by atoms with Crippen molar-refractivity contribution in [3.63, 3.8) is 0 Å². The van der Waals surface area contributed by atoms with Crippen molar-refractivity contribution in [3.8, 4) is 17.2 Å². The van der Waals surface area contributed by atoms with Gasteiger partial charge < -0.3 is 14.6 Å². The highest BCUT2D eigenvalue weighted by atomic mass is 16.5. The number of anilines is 1. The summed E-state index contributed by atoms with van der Waals surface area (Å²) in [5.41, 5.74) is 3.39. The van der Waals surface area contributed by atoms with Crippen molar-refractivity contribution in [3.05, 3.63) is 101 Å². The predicted molar refractivity (Wildman–Crippen MR) is 140 cm³/mol. The van der Waals surface area contributed by atoms with E-state index in [1.54, 1.807) is 18.2 Å². The smallest absolute Gasteiger partial charge is 0.335 e. The maximum atomic E-state index is 13.2. The van der Waals surface area contributed by atoms with Crippen molar-refractivity contribution in [1.82, 2.24) is 5.32 Å². The summed E-state index contributed by atoms with van der Waals surface area (Å²) in [6.45, 7) is 6.16. The molecule has 3 aromatic carbocycles. The molecule has 4 amide bonds. The molecule has 1 fully saturated rings. The minimum atomic E-state index is -0.873. The van der Waals surface area contributed by atoms with Gasteiger partial charge in [-0.3, -0.25) is 14.9 Å². The van der Waals surface area contributed by atoms with Gasteiger partial charge in [-0.15, -0.1) is 6.58 Å². The van der Waals surface area contributed by atoms with Crippen molar-refractivity contribution >= 4 is 29.6 Å². The number of rotatable bonds is 8. The zero-order valence-corrected chi connectivity index (χ0v) is 20.5. The van der Waals surface area contributed by atoms with Crippen LogP contribution in [0.15, 0.2) is 78.9 Å². The Labute approximate surface area is 214 Å². The van der Waals surface area contributed by atoms with E-state index in [2.05, 4.69) is 11.9 Å². The molecule has 37 heavy (non-hydrogen) atoms. The Bertz CT molecular complexity index is 1390. The lowest BCUT2D eigenvalue weighted by molar-refractivity contribution is -0.122. The normalized spacial score (nSPS) is 14.5. The molecule has 1 heterocycles. The minimum Gasteiger partial charge on any atom is -0.508 e. The molecule has 3 aromatic rings. The standard InChI is InChI=1S/C29H26N2O6/c1-4-5-21-14-20(16-25(36-3)26(21)37-17-19-8-6-18(2)7-9-19)15-24-27(33)30-29(35)31(28(24)34)22-10-12-23(32)13-11-22/h4,6-16,32H,1,5,17H2,2-3H3,(H,30,33,35)/b24-15+. The summed E-state index contributed by atoms with van der Waals surface area (Å²) in [6, 6.07) is 16.1.